The van der Waals surface area contributed by atoms with E-state index >= 15 is 0 Å². The van der Waals surface area contributed by atoms with Crippen LogP contribution >= 0.6 is 0 Å². The summed E-state index contributed by atoms with van der Waals surface area (Å²) >= 11 is 0. The number of ether oxygens (including phenoxy) is 1. The highest BCUT2D eigenvalue weighted by Gasteiger charge is 2.24. The molecule has 0 fully saturated rings. The molecule has 0 spiro atoms. The Morgan fingerprint density at radius 2 is 1.68 bits per heavy atom. The third-order valence-corrected chi connectivity index (χ3v) is 6.63. The molecule has 4 rings (SSSR count). The first kappa shape index (κ1) is 28.2. The molecule has 0 radical (unpaired) electrons. The van der Waals surface area contributed by atoms with Crippen LogP contribution in [0.25, 0.3) is 11.1 Å². The average Bonchev–Trinajstić information content (AvgIpc) is 2.89. The molecule has 1 aliphatic rings. The minimum atomic E-state index is -0.421. The van der Waals surface area contributed by atoms with Crippen LogP contribution in [0, 0.1) is 5.82 Å². The van der Waals surface area contributed by atoms with Gasteiger partial charge in [0.15, 0.2) is 0 Å². The standard InChI is InChI=1S/C28H30FNO2.C4H9F/c1-3-5-22(4-2)32-23-12-7-19(8-13-23)28-25(24-15-11-21(31)17-27(24)29)14-9-18-6-10-20(30)16-26(18)28;1-2-3-4-5/h6-8,10-13,15-17,22,31H,3-5,9,14,30H2,1-2H3;2-4H2,1H3. The third-order valence-electron chi connectivity index (χ3n) is 6.63. The van der Waals surface area contributed by atoms with Crippen molar-refractivity contribution in [3.8, 4) is 11.5 Å². The molecule has 3 nitrogen and oxygen atoms in total. The maximum atomic E-state index is 14.9. The predicted octanol–water partition coefficient (Wildman–Crippen LogP) is 8.73. The largest absolute Gasteiger partial charge is 0.508 e. The summed E-state index contributed by atoms with van der Waals surface area (Å²) in [6, 6.07) is 18.4. The lowest BCUT2D eigenvalue weighted by Gasteiger charge is -2.25. The highest BCUT2D eigenvalue weighted by atomic mass is 19.1. The fourth-order valence-corrected chi connectivity index (χ4v) is 4.63. The van der Waals surface area contributed by atoms with Crippen molar-refractivity contribution in [2.45, 2.75) is 71.8 Å². The van der Waals surface area contributed by atoms with E-state index < -0.39 is 5.82 Å². The van der Waals surface area contributed by atoms with Gasteiger partial charge in [-0.3, -0.25) is 4.39 Å². The number of benzene rings is 3. The summed E-state index contributed by atoms with van der Waals surface area (Å²) in [6.45, 7) is 6.12. The molecule has 0 heterocycles. The number of hydrogen-bond acceptors (Lipinski definition) is 3. The fraction of sp³-hybridized carbons (Fsp3) is 0.375. The summed E-state index contributed by atoms with van der Waals surface area (Å²) in [4.78, 5) is 0. The predicted molar refractivity (Wildman–Crippen MR) is 150 cm³/mol. The molecule has 3 aromatic carbocycles. The topological polar surface area (TPSA) is 55.5 Å². The Labute approximate surface area is 220 Å². The number of hydrogen-bond donors (Lipinski definition) is 2. The number of alkyl halides is 1. The molecule has 1 unspecified atom stereocenters. The lowest BCUT2D eigenvalue weighted by Crippen LogP contribution is -2.14. The van der Waals surface area contributed by atoms with E-state index in [0.717, 1.165) is 66.5 Å². The molecular formula is C32H39F2NO2. The smallest absolute Gasteiger partial charge is 0.134 e. The zero-order valence-corrected chi connectivity index (χ0v) is 22.2. The minimum absolute atomic E-state index is 0.0760. The van der Waals surface area contributed by atoms with E-state index in [1.165, 1.54) is 17.7 Å². The van der Waals surface area contributed by atoms with Crippen molar-refractivity contribution in [2.24, 2.45) is 0 Å². The first-order chi connectivity index (χ1) is 17.9. The normalized spacial score (nSPS) is 13.4. The van der Waals surface area contributed by atoms with Gasteiger partial charge in [-0.2, -0.15) is 0 Å². The highest BCUT2D eigenvalue weighted by molar-refractivity contribution is 6.01. The van der Waals surface area contributed by atoms with E-state index in [9.17, 15) is 13.9 Å². The van der Waals surface area contributed by atoms with Crippen molar-refractivity contribution >= 4 is 16.8 Å². The summed E-state index contributed by atoms with van der Waals surface area (Å²) in [5.41, 5.74) is 12.5. The number of unbranched alkanes of at least 4 members (excludes halogenated alkanes) is 1. The van der Waals surface area contributed by atoms with Gasteiger partial charge in [0.2, 0.25) is 0 Å². The Bertz CT molecular complexity index is 1190. The zero-order valence-electron chi connectivity index (χ0n) is 22.2. The van der Waals surface area contributed by atoms with Gasteiger partial charge >= 0.3 is 0 Å². The first-order valence-electron chi connectivity index (χ1n) is 13.4. The second-order valence-corrected chi connectivity index (χ2v) is 9.44. The molecule has 198 valence electrons. The van der Waals surface area contributed by atoms with Crippen LogP contribution in [0.2, 0.25) is 0 Å². The summed E-state index contributed by atoms with van der Waals surface area (Å²) in [5, 5.41) is 9.69. The van der Waals surface area contributed by atoms with Crippen LogP contribution in [-0.2, 0) is 6.42 Å². The molecule has 1 atom stereocenters. The number of fused-ring (bicyclic) bond motifs is 1. The lowest BCUT2D eigenvalue weighted by atomic mass is 9.79. The molecule has 37 heavy (non-hydrogen) atoms. The van der Waals surface area contributed by atoms with Crippen LogP contribution in [0.4, 0.5) is 14.5 Å². The van der Waals surface area contributed by atoms with Crippen molar-refractivity contribution in [3.63, 3.8) is 0 Å². The van der Waals surface area contributed by atoms with Gasteiger partial charge in [-0.15, -0.1) is 0 Å². The Hall–Kier alpha value is -3.34. The average molecular weight is 508 g/mol. The first-order valence-corrected chi connectivity index (χ1v) is 13.4. The monoisotopic (exact) mass is 507 g/mol. The number of nitrogen functional groups attached to an aromatic ring is 1. The molecule has 0 bridgehead atoms. The van der Waals surface area contributed by atoms with E-state index in [1.807, 2.05) is 43.3 Å². The van der Waals surface area contributed by atoms with Crippen molar-refractivity contribution < 1.29 is 18.6 Å². The van der Waals surface area contributed by atoms with E-state index in [2.05, 4.69) is 19.9 Å². The van der Waals surface area contributed by atoms with Crippen LogP contribution in [-0.4, -0.2) is 17.9 Å². The van der Waals surface area contributed by atoms with E-state index in [-0.39, 0.29) is 18.5 Å². The third kappa shape index (κ3) is 7.34. The number of phenolic OH excluding ortho intramolecular Hbond substituents is 1. The summed E-state index contributed by atoms with van der Waals surface area (Å²) in [7, 11) is 0. The molecule has 0 aromatic heterocycles. The minimum Gasteiger partial charge on any atom is -0.508 e. The summed E-state index contributed by atoms with van der Waals surface area (Å²) in [5.74, 6) is 0.346. The molecule has 1 aliphatic carbocycles. The molecule has 0 aliphatic heterocycles. The summed E-state index contributed by atoms with van der Waals surface area (Å²) in [6.07, 6.45) is 6.51. The quantitative estimate of drug-likeness (QED) is 0.285. The maximum Gasteiger partial charge on any atom is 0.134 e. The Morgan fingerprint density at radius 3 is 2.27 bits per heavy atom. The van der Waals surface area contributed by atoms with Gasteiger partial charge in [0, 0.05) is 17.3 Å². The van der Waals surface area contributed by atoms with Crippen LogP contribution in [0.15, 0.2) is 60.7 Å². The number of rotatable bonds is 9. The molecule has 5 heteroatoms. The van der Waals surface area contributed by atoms with Gasteiger partial charge in [-0.25, -0.2) is 4.39 Å². The number of halogens is 2. The Morgan fingerprint density at radius 1 is 0.919 bits per heavy atom. The lowest BCUT2D eigenvalue weighted by molar-refractivity contribution is 0.186. The van der Waals surface area contributed by atoms with Gasteiger partial charge < -0.3 is 15.6 Å². The number of aryl methyl sites for hydroxylation is 1. The fourth-order valence-electron chi connectivity index (χ4n) is 4.63. The molecule has 0 amide bonds. The Balaban J connectivity index is 0.000000695. The number of anilines is 1. The van der Waals surface area contributed by atoms with Gasteiger partial charge in [0.1, 0.15) is 17.3 Å². The van der Waals surface area contributed by atoms with E-state index in [1.54, 1.807) is 6.07 Å². The van der Waals surface area contributed by atoms with E-state index in [0.29, 0.717) is 17.7 Å². The summed E-state index contributed by atoms with van der Waals surface area (Å²) < 4.78 is 32.0. The number of phenols is 1. The van der Waals surface area contributed by atoms with Gasteiger partial charge in [-0.1, -0.05) is 51.8 Å². The van der Waals surface area contributed by atoms with Crippen LogP contribution in [0.1, 0.15) is 81.5 Å². The SMILES string of the molecule is CCCC(CC)Oc1ccc(C2=C(c3ccc(O)cc3F)CCc3ccc(N)cc32)cc1.CCCCF. The highest BCUT2D eigenvalue weighted by Crippen LogP contribution is 2.42. The van der Waals surface area contributed by atoms with Gasteiger partial charge in [-0.05, 0) is 96.3 Å². The second-order valence-electron chi connectivity index (χ2n) is 9.44. The van der Waals surface area contributed by atoms with Crippen LogP contribution in [0.3, 0.4) is 0 Å². The van der Waals surface area contributed by atoms with Gasteiger partial charge in [0.05, 0.1) is 12.8 Å². The van der Waals surface area contributed by atoms with E-state index in [4.69, 9.17) is 10.5 Å². The number of nitrogens with two attached hydrogens (primary N) is 1. The molecule has 3 aromatic rings. The maximum absolute atomic E-state index is 14.9. The number of allylic oxidation sites excluding steroid dienone is 1. The van der Waals surface area contributed by atoms with Crippen molar-refractivity contribution in [2.75, 3.05) is 12.4 Å². The van der Waals surface area contributed by atoms with Crippen molar-refractivity contribution in [3.05, 3.63) is 88.7 Å². The molecule has 3 N–H and O–H groups in total. The zero-order chi connectivity index (χ0) is 26.8. The molecule has 0 saturated carbocycles. The molecule has 0 saturated heterocycles. The second kappa shape index (κ2) is 13.8. The van der Waals surface area contributed by atoms with Crippen LogP contribution in [0.5, 0.6) is 11.5 Å². The van der Waals surface area contributed by atoms with Gasteiger partial charge in [0.25, 0.3) is 0 Å². The van der Waals surface area contributed by atoms with Crippen molar-refractivity contribution in [1.29, 1.82) is 0 Å². The van der Waals surface area contributed by atoms with Crippen molar-refractivity contribution in [1.82, 2.24) is 0 Å². The number of aromatic hydroxyl groups is 1. The van der Waals surface area contributed by atoms with Crippen LogP contribution < -0.4 is 10.5 Å². The molecular weight excluding hydrogens is 468 g/mol. The Kier molecular flexibility index (Phi) is 10.6.